The van der Waals surface area contributed by atoms with Crippen LogP contribution in [0.3, 0.4) is 0 Å². The molecular weight excluding hydrogens is 462 g/mol. The minimum Gasteiger partial charge on any atom is -0.480 e. The van der Waals surface area contributed by atoms with Crippen LogP contribution in [0.5, 0.6) is 0 Å². The fraction of sp³-hybridized carbons (Fsp3) is 0.160. The number of carboxylic acid groups (broad SMARTS) is 1. The molecule has 5 rings (SSSR count). The van der Waals surface area contributed by atoms with Gasteiger partial charge < -0.3 is 9.67 Å². The first-order chi connectivity index (χ1) is 16.2. The Labute approximate surface area is 194 Å². The lowest BCUT2D eigenvalue weighted by Gasteiger charge is -2.25. The Morgan fingerprint density at radius 3 is 2.47 bits per heavy atom. The lowest BCUT2D eigenvalue weighted by Crippen LogP contribution is -2.29. The van der Waals surface area contributed by atoms with Gasteiger partial charge >= 0.3 is 5.97 Å². The van der Waals surface area contributed by atoms with E-state index < -0.39 is 33.7 Å². The van der Waals surface area contributed by atoms with E-state index in [1.807, 2.05) is 6.07 Å². The summed E-state index contributed by atoms with van der Waals surface area (Å²) >= 11 is 0. The maximum absolute atomic E-state index is 14.1. The zero-order chi connectivity index (χ0) is 24.2. The number of hydrogen-bond donors (Lipinski definition) is 1. The summed E-state index contributed by atoms with van der Waals surface area (Å²) in [6.45, 7) is 1.30. The van der Waals surface area contributed by atoms with Gasteiger partial charge in [0, 0.05) is 28.7 Å². The SMILES string of the molecule is Cc1c(C2c3ccc(F)cc3S(=O)(=O)N2Cc2cccc(F)c2)c2ccccc2n1CC(=O)O. The van der Waals surface area contributed by atoms with Crippen LogP contribution in [0.25, 0.3) is 10.9 Å². The zero-order valence-electron chi connectivity index (χ0n) is 18.1. The molecule has 1 aromatic heterocycles. The summed E-state index contributed by atoms with van der Waals surface area (Å²) in [5.41, 5.74) is 2.68. The van der Waals surface area contributed by atoms with Gasteiger partial charge in [0.2, 0.25) is 10.0 Å². The highest BCUT2D eigenvalue weighted by atomic mass is 32.2. The minimum atomic E-state index is -4.13. The largest absolute Gasteiger partial charge is 0.480 e. The Morgan fingerprint density at radius 1 is 1.00 bits per heavy atom. The van der Waals surface area contributed by atoms with E-state index in [1.165, 1.54) is 34.6 Å². The van der Waals surface area contributed by atoms with Crippen molar-refractivity contribution in [1.29, 1.82) is 0 Å². The molecule has 1 aliphatic heterocycles. The highest BCUT2D eigenvalue weighted by molar-refractivity contribution is 7.89. The molecule has 6 nitrogen and oxygen atoms in total. The molecule has 0 saturated heterocycles. The van der Waals surface area contributed by atoms with Gasteiger partial charge in [0.1, 0.15) is 18.2 Å². The second-order valence-electron chi connectivity index (χ2n) is 8.26. The standard InChI is InChI=1S/C25H20F2N2O4S/c1-15-24(19-7-2-3-8-21(19)28(15)14-23(30)31)25-20-10-9-18(27)12-22(20)34(32,33)29(25)13-16-5-4-6-17(26)11-16/h2-12,25H,13-14H2,1H3,(H,30,31). The molecule has 1 atom stereocenters. The summed E-state index contributed by atoms with van der Waals surface area (Å²) in [4.78, 5) is 11.4. The zero-order valence-corrected chi connectivity index (χ0v) is 18.9. The molecule has 174 valence electrons. The summed E-state index contributed by atoms with van der Waals surface area (Å²) in [7, 11) is -4.13. The molecule has 0 saturated carbocycles. The number of benzene rings is 3. The summed E-state index contributed by atoms with van der Waals surface area (Å²) in [5.74, 6) is -2.21. The minimum absolute atomic E-state index is 0.140. The van der Waals surface area contributed by atoms with Crippen LogP contribution in [0.15, 0.2) is 71.6 Å². The van der Waals surface area contributed by atoms with E-state index in [0.717, 1.165) is 6.07 Å². The summed E-state index contributed by atoms with van der Waals surface area (Å²) < 4.78 is 58.1. The van der Waals surface area contributed by atoms with Crippen molar-refractivity contribution in [3.63, 3.8) is 0 Å². The monoisotopic (exact) mass is 482 g/mol. The maximum Gasteiger partial charge on any atom is 0.323 e. The molecule has 1 unspecified atom stereocenters. The molecule has 4 aromatic rings. The summed E-state index contributed by atoms with van der Waals surface area (Å²) in [6.07, 6.45) is 0. The number of hydrogen-bond acceptors (Lipinski definition) is 3. The van der Waals surface area contributed by atoms with Crippen molar-refractivity contribution < 1.29 is 27.1 Å². The van der Waals surface area contributed by atoms with E-state index in [0.29, 0.717) is 33.3 Å². The lowest BCUT2D eigenvalue weighted by atomic mass is 9.95. The first kappa shape index (κ1) is 22.2. The van der Waals surface area contributed by atoms with Crippen LogP contribution in [0.4, 0.5) is 8.78 Å². The van der Waals surface area contributed by atoms with Crippen LogP contribution >= 0.6 is 0 Å². The predicted octanol–water partition coefficient (Wildman–Crippen LogP) is 4.61. The van der Waals surface area contributed by atoms with Gasteiger partial charge in [0.25, 0.3) is 0 Å². The van der Waals surface area contributed by atoms with Gasteiger partial charge in [0.05, 0.1) is 10.9 Å². The van der Waals surface area contributed by atoms with Crippen molar-refractivity contribution in [3.05, 3.63) is 101 Å². The Kier molecular flexibility index (Phi) is 5.26. The fourth-order valence-electron chi connectivity index (χ4n) is 4.81. The Bertz CT molecular complexity index is 1560. The second-order valence-corrected chi connectivity index (χ2v) is 10.1. The lowest BCUT2D eigenvalue weighted by molar-refractivity contribution is -0.137. The molecule has 0 fully saturated rings. The number of aliphatic carboxylic acids is 1. The maximum atomic E-state index is 14.1. The van der Waals surface area contributed by atoms with E-state index in [-0.39, 0.29) is 18.0 Å². The topological polar surface area (TPSA) is 79.6 Å². The van der Waals surface area contributed by atoms with Crippen molar-refractivity contribution in [2.24, 2.45) is 0 Å². The van der Waals surface area contributed by atoms with Crippen LogP contribution in [0, 0.1) is 18.6 Å². The smallest absolute Gasteiger partial charge is 0.323 e. The van der Waals surface area contributed by atoms with Crippen LogP contribution in [-0.4, -0.2) is 28.4 Å². The molecule has 0 spiro atoms. The molecule has 34 heavy (non-hydrogen) atoms. The average molecular weight is 483 g/mol. The van der Waals surface area contributed by atoms with Gasteiger partial charge in [-0.15, -0.1) is 0 Å². The Morgan fingerprint density at radius 2 is 1.74 bits per heavy atom. The van der Waals surface area contributed by atoms with Crippen molar-refractivity contribution in [3.8, 4) is 0 Å². The van der Waals surface area contributed by atoms with Crippen LogP contribution in [0.1, 0.15) is 28.4 Å². The van der Waals surface area contributed by atoms with Crippen molar-refractivity contribution >= 4 is 26.9 Å². The summed E-state index contributed by atoms with van der Waals surface area (Å²) in [5, 5.41) is 10.2. The molecular formula is C25H20F2N2O4S. The van der Waals surface area contributed by atoms with Crippen molar-refractivity contribution in [1.82, 2.24) is 8.87 Å². The Balaban J connectivity index is 1.78. The van der Waals surface area contributed by atoms with E-state index >= 15 is 0 Å². The molecule has 0 bridgehead atoms. The highest BCUT2D eigenvalue weighted by Crippen LogP contribution is 2.48. The number of nitrogens with zero attached hydrogens (tertiary/aromatic N) is 2. The Hall–Kier alpha value is -3.56. The number of fused-ring (bicyclic) bond motifs is 2. The van der Waals surface area contributed by atoms with Crippen molar-refractivity contribution in [2.75, 3.05) is 0 Å². The fourth-order valence-corrected chi connectivity index (χ4v) is 6.62. The third kappa shape index (κ3) is 3.48. The number of sulfonamides is 1. The predicted molar refractivity (Wildman–Crippen MR) is 122 cm³/mol. The van der Waals surface area contributed by atoms with E-state index in [2.05, 4.69) is 0 Å². The molecule has 1 N–H and O–H groups in total. The van der Waals surface area contributed by atoms with Crippen LogP contribution < -0.4 is 0 Å². The van der Waals surface area contributed by atoms with Gasteiger partial charge in [0.15, 0.2) is 0 Å². The van der Waals surface area contributed by atoms with Gasteiger partial charge in [-0.3, -0.25) is 4.79 Å². The third-order valence-corrected chi connectivity index (χ3v) is 8.09. The second kappa shape index (κ2) is 8.03. The number of carbonyl (C=O) groups is 1. The number of para-hydroxylation sites is 1. The summed E-state index contributed by atoms with van der Waals surface area (Å²) in [6, 6.07) is 15.6. The number of carboxylic acids is 1. The number of rotatable bonds is 5. The van der Waals surface area contributed by atoms with Gasteiger partial charge in [-0.05, 0) is 48.4 Å². The molecule has 0 aliphatic carbocycles. The van der Waals surface area contributed by atoms with Gasteiger partial charge in [-0.25, -0.2) is 17.2 Å². The molecule has 2 heterocycles. The highest BCUT2D eigenvalue weighted by Gasteiger charge is 2.45. The van der Waals surface area contributed by atoms with Gasteiger partial charge in [-0.2, -0.15) is 4.31 Å². The van der Waals surface area contributed by atoms with Gasteiger partial charge in [-0.1, -0.05) is 36.4 Å². The average Bonchev–Trinajstić information content (AvgIpc) is 3.16. The number of aromatic nitrogens is 1. The van der Waals surface area contributed by atoms with Crippen molar-refractivity contribution in [2.45, 2.75) is 31.0 Å². The van der Waals surface area contributed by atoms with E-state index in [4.69, 9.17) is 0 Å². The van der Waals surface area contributed by atoms with E-state index in [9.17, 15) is 27.1 Å². The third-order valence-electron chi connectivity index (χ3n) is 6.22. The molecule has 3 aromatic carbocycles. The number of halogens is 2. The normalized spacial score (nSPS) is 17.2. The van der Waals surface area contributed by atoms with Crippen LogP contribution in [0.2, 0.25) is 0 Å². The molecule has 0 amide bonds. The molecule has 0 radical (unpaired) electrons. The van der Waals surface area contributed by atoms with E-state index in [1.54, 1.807) is 35.8 Å². The molecule has 1 aliphatic rings. The molecule has 9 heteroatoms. The first-order valence-corrected chi connectivity index (χ1v) is 12.0. The quantitative estimate of drug-likeness (QED) is 0.451. The first-order valence-electron chi connectivity index (χ1n) is 10.5. The van der Waals surface area contributed by atoms with Crippen LogP contribution in [-0.2, 0) is 27.9 Å².